The van der Waals surface area contributed by atoms with Crippen LogP contribution in [0.5, 0.6) is 0 Å². The summed E-state index contributed by atoms with van der Waals surface area (Å²) >= 11 is 0. The van der Waals surface area contributed by atoms with Crippen molar-refractivity contribution in [3.63, 3.8) is 0 Å². The molecule has 1 saturated heterocycles. The van der Waals surface area contributed by atoms with Crippen molar-refractivity contribution >= 4 is 17.5 Å². The number of anilines is 1. The Morgan fingerprint density at radius 2 is 2.00 bits per heavy atom. The summed E-state index contributed by atoms with van der Waals surface area (Å²) < 4.78 is 38.9. The molecule has 4 nitrogen and oxygen atoms in total. The lowest BCUT2D eigenvalue weighted by molar-refractivity contribution is -0.129. The van der Waals surface area contributed by atoms with Gasteiger partial charge in [-0.25, -0.2) is 18.0 Å². The lowest BCUT2D eigenvalue weighted by atomic mass is 9.77. The molecule has 2 amide bonds. The summed E-state index contributed by atoms with van der Waals surface area (Å²) in [6.45, 7) is 0.328. The average molecular weight is 340 g/mol. The van der Waals surface area contributed by atoms with Gasteiger partial charge in [0.25, 0.3) is 6.43 Å². The first-order valence-corrected chi connectivity index (χ1v) is 8.15. The number of hydrogen-bond donors (Lipinski definition) is 1. The monoisotopic (exact) mass is 340 g/mol. The summed E-state index contributed by atoms with van der Waals surface area (Å²) in [5.74, 6) is -0.924. The Balaban J connectivity index is 1.75. The molecule has 1 N–H and O–H groups in total. The van der Waals surface area contributed by atoms with E-state index in [2.05, 4.69) is 5.32 Å². The molecule has 2 atom stereocenters. The summed E-state index contributed by atoms with van der Waals surface area (Å²) in [6.07, 6.45) is 0.884. The van der Waals surface area contributed by atoms with Gasteiger partial charge in [0.15, 0.2) is 0 Å². The Labute approximate surface area is 138 Å². The van der Waals surface area contributed by atoms with Crippen LogP contribution in [0.4, 0.5) is 23.7 Å². The van der Waals surface area contributed by atoms with Crippen LogP contribution in [0.3, 0.4) is 0 Å². The SMILES string of the molecule is O=C1CCN(C(=O)Nc2ccc(F)c(C(F)F)c2)[C@H]2CCCC[C@H]12. The van der Waals surface area contributed by atoms with Gasteiger partial charge in [-0.3, -0.25) is 4.79 Å². The molecular formula is C17H19F3N2O2. The highest BCUT2D eigenvalue weighted by Gasteiger charge is 2.40. The average Bonchev–Trinajstić information content (AvgIpc) is 2.57. The number of halogens is 3. The van der Waals surface area contributed by atoms with Gasteiger partial charge in [0, 0.05) is 30.6 Å². The van der Waals surface area contributed by atoms with Crippen molar-refractivity contribution in [1.82, 2.24) is 4.90 Å². The van der Waals surface area contributed by atoms with E-state index in [1.54, 1.807) is 4.90 Å². The Morgan fingerprint density at radius 3 is 2.75 bits per heavy atom. The van der Waals surface area contributed by atoms with Crippen molar-refractivity contribution in [3.05, 3.63) is 29.6 Å². The van der Waals surface area contributed by atoms with E-state index in [4.69, 9.17) is 0 Å². The van der Waals surface area contributed by atoms with Crippen molar-refractivity contribution in [2.24, 2.45) is 5.92 Å². The maximum absolute atomic E-state index is 13.3. The number of ketones is 1. The number of Topliss-reactive ketones (excluding diaryl/α,β-unsaturated/α-hetero) is 1. The molecule has 7 heteroatoms. The summed E-state index contributed by atoms with van der Waals surface area (Å²) in [7, 11) is 0. The van der Waals surface area contributed by atoms with Crippen LogP contribution in [0, 0.1) is 11.7 Å². The highest BCUT2D eigenvalue weighted by atomic mass is 19.3. The molecule has 0 radical (unpaired) electrons. The van der Waals surface area contributed by atoms with Crippen LogP contribution >= 0.6 is 0 Å². The predicted octanol–water partition coefficient (Wildman–Crippen LogP) is 4.13. The van der Waals surface area contributed by atoms with Gasteiger partial charge in [-0.2, -0.15) is 0 Å². The number of benzene rings is 1. The molecule has 2 aliphatic rings. The highest BCUT2D eigenvalue weighted by Crippen LogP contribution is 2.34. The molecule has 0 bridgehead atoms. The lowest BCUT2D eigenvalue weighted by Crippen LogP contribution is -2.54. The first-order chi connectivity index (χ1) is 11.5. The van der Waals surface area contributed by atoms with E-state index < -0.39 is 23.8 Å². The van der Waals surface area contributed by atoms with Crippen LogP contribution in [0.15, 0.2) is 18.2 Å². The van der Waals surface area contributed by atoms with Crippen LogP contribution in [0.1, 0.15) is 44.1 Å². The first-order valence-electron chi connectivity index (χ1n) is 8.15. The number of rotatable bonds is 2. The molecule has 1 aliphatic carbocycles. The Kier molecular flexibility index (Phi) is 4.78. The van der Waals surface area contributed by atoms with Crippen LogP contribution in [0.25, 0.3) is 0 Å². The third-order valence-electron chi connectivity index (χ3n) is 4.89. The standard InChI is InChI=1S/C17H19F3N2O2/c18-13-6-5-10(9-12(13)16(19)20)21-17(24)22-8-7-15(23)11-3-1-2-4-14(11)22/h5-6,9,11,14,16H,1-4,7-8H2,(H,21,24)/t11-,14-/m0/s1. The largest absolute Gasteiger partial charge is 0.322 e. The molecular weight excluding hydrogens is 321 g/mol. The Morgan fingerprint density at radius 1 is 1.25 bits per heavy atom. The van der Waals surface area contributed by atoms with Crippen molar-refractivity contribution in [3.8, 4) is 0 Å². The molecule has 130 valence electrons. The van der Waals surface area contributed by atoms with Crippen molar-refractivity contribution in [2.45, 2.75) is 44.6 Å². The number of piperidine rings is 1. The zero-order valence-corrected chi connectivity index (χ0v) is 13.1. The van der Waals surface area contributed by atoms with E-state index in [-0.39, 0.29) is 23.4 Å². The van der Waals surface area contributed by atoms with E-state index >= 15 is 0 Å². The molecule has 0 aromatic heterocycles. The number of nitrogens with one attached hydrogen (secondary N) is 1. The second kappa shape index (κ2) is 6.83. The molecule has 0 unspecified atom stereocenters. The van der Waals surface area contributed by atoms with Crippen LogP contribution in [-0.4, -0.2) is 29.3 Å². The maximum atomic E-state index is 13.3. The zero-order valence-electron chi connectivity index (χ0n) is 13.1. The van der Waals surface area contributed by atoms with E-state index in [9.17, 15) is 22.8 Å². The number of nitrogens with zero attached hydrogens (tertiary/aromatic N) is 1. The van der Waals surface area contributed by atoms with Crippen molar-refractivity contribution < 1.29 is 22.8 Å². The molecule has 1 aromatic rings. The van der Waals surface area contributed by atoms with E-state index in [0.717, 1.165) is 37.8 Å². The van der Waals surface area contributed by atoms with Gasteiger partial charge in [-0.15, -0.1) is 0 Å². The van der Waals surface area contributed by atoms with Gasteiger partial charge in [0.05, 0.1) is 5.56 Å². The minimum absolute atomic E-state index is 0.122. The van der Waals surface area contributed by atoms with Gasteiger partial charge in [0.2, 0.25) is 0 Å². The third-order valence-corrected chi connectivity index (χ3v) is 4.89. The van der Waals surface area contributed by atoms with E-state index in [1.165, 1.54) is 6.07 Å². The normalized spacial score (nSPS) is 24.0. The molecule has 1 heterocycles. The smallest absolute Gasteiger partial charge is 0.320 e. The molecule has 1 aromatic carbocycles. The van der Waals surface area contributed by atoms with Crippen molar-refractivity contribution in [2.75, 3.05) is 11.9 Å². The van der Waals surface area contributed by atoms with Gasteiger partial charge >= 0.3 is 6.03 Å². The molecule has 24 heavy (non-hydrogen) atoms. The number of amides is 2. The van der Waals surface area contributed by atoms with Crippen LogP contribution in [0.2, 0.25) is 0 Å². The van der Waals surface area contributed by atoms with E-state index in [0.29, 0.717) is 13.0 Å². The van der Waals surface area contributed by atoms with Gasteiger partial charge < -0.3 is 10.2 Å². The second-order valence-corrected chi connectivity index (χ2v) is 6.34. The third kappa shape index (κ3) is 3.25. The summed E-state index contributed by atoms with van der Waals surface area (Å²) in [5, 5.41) is 2.56. The summed E-state index contributed by atoms with van der Waals surface area (Å²) in [6, 6.07) is 2.57. The Hall–Kier alpha value is -2.05. The molecule has 1 saturated carbocycles. The topological polar surface area (TPSA) is 49.4 Å². The second-order valence-electron chi connectivity index (χ2n) is 6.34. The summed E-state index contributed by atoms with van der Waals surface area (Å²) in [4.78, 5) is 26.2. The van der Waals surface area contributed by atoms with Gasteiger partial charge in [-0.1, -0.05) is 12.8 Å². The molecule has 1 aliphatic heterocycles. The number of carbonyl (C=O) groups excluding carboxylic acids is 2. The minimum atomic E-state index is -2.95. The predicted molar refractivity (Wildman–Crippen MR) is 82.5 cm³/mol. The lowest BCUT2D eigenvalue weighted by Gasteiger charge is -2.42. The molecule has 2 fully saturated rings. The number of urea groups is 1. The Bertz CT molecular complexity index is 651. The first kappa shape index (κ1) is 16.8. The van der Waals surface area contributed by atoms with Gasteiger partial charge in [-0.05, 0) is 31.0 Å². The number of hydrogen-bond acceptors (Lipinski definition) is 2. The fourth-order valence-corrected chi connectivity index (χ4v) is 3.68. The van der Waals surface area contributed by atoms with Crippen molar-refractivity contribution in [1.29, 1.82) is 0 Å². The number of alkyl halides is 2. The number of carbonyl (C=O) groups is 2. The summed E-state index contributed by atoms with van der Waals surface area (Å²) in [5.41, 5.74) is -0.613. The molecule has 3 rings (SSSR count). The number of likely N-dealkylation sites (tertiary alicyclic amines) is 1. The maximum Gasteiger partial charge on any atom is 0.322 e. The van der Waals surface area contributed by atoms with Gasteiger partial charge in [0.1, 0.15) is 11.6 Å². The minimum Gasteiger partial charge on any atom is -0.320 e. The fraction of sp³-hybridized carbons (Fsp3) is 0.529. The zero-order chi connectivity index (χ0) is 17.3. The number of fused-ring (bicyclic) bond motifs is 1. The molecule has 0 spiro atoms. The highest BCUT2D eigenvalue weighted by molar-refractivity contribution is 5.92. The fourth-order valence-electron chi connectivity index (χ4n) is 3.68. The quantitative estimate of drug-likeness (QED) is 0.880. The van der Waals surface area contributed by atoms with E-state index in [1.807, 2.05) is 0 Å². The van der Waals surface area contributed by atoms with Crippen LogP contribution < -0.4 is 5.32 Å². The van der Waals surface area contributed by atoms with Crippen LogP contribution in [-0.2, 0) is 4.79 Å².